The van der Waals surface area contributed by atoms with Gasteiger partial charge in [-0.15, -0.1) is 0 Å². The van der Waals surface area contributed by atoms with E-state index in [9.17, 15) is 19.0 Å². The highest BCUT2D eigenvalue weighted by Crippen LogP contribution is 2.17. The molecule has 2 N–H and O–H groups in total. The second kappa shape index (κ2) is 12.1. The first-order valence-electron chi connectivity index (χ1n) is 10.4. The number of aliphatic hydroxyl groups excluding tert-OH is 2. The van der Waals surface area contributed by atoms with E-state index in [1.54, 1.807) is 24.3 Å². The van der Waals surface area contributed by atoms with E-state index in [0.717, 1.165) is 5.56 Å². The van der Waals surface area contributed by atoms with Crippen LogP contribution in [0.5, 0.6) is 11.5 Å². The van der Waals surface area contributed by atoms with Crippen molar-refractivity contribution < 1.29 is 28.5 Å². The van der Waals surface area contributed by atoms with E-state index in [0.29, 0.717) is 6.54 Å². The van der Waals surface area contributed by atoms with Gasteiger partial charge in [-0.1, -0.05) is 54.6 Å². The van der Waals surface area contributed by atoms with Crippen molar-refractivity contribution >= 4 is 0 Å². The third kappa shape index (κ3) is 7.60. The number of hydrogen-bond acceptors (Lipinski definition) is 5. The highest BCUT2D eigenvalue weighted by Gasteiger charge is 2.18. The maximum absolute atomic E-state index is 13.7. The van der Waals surface area contributed by atoms with Crippen molar-refractivity contribution in [1.29, 1.82) is 0 Å². The summed E-state index contributed by atoms with van der Waals surface area (Å²) in [5.74, 6) is -0.859. The number of aliphatic hydroxyl groups is 2. The predicted octanol–water partition coefficient (Wildman–Crippen LogP) is 3.65. The van der Waals surface area contributed by atoms with Crippen LogP contribution in [0.1, 0.15) is 5.56 Å². The fourth-order valence-electron chi connectivity index (χ4n) is 3.24. The number of rotatable bonds is 12. The summed E-state index contributed by atoms with van der Waals surface area (Å²) in [6.45, 7) is 0.622. The molecule has 0 saturated carbocycles. The number of ether oxygens (including phenoxy) is 2. The van der Waals surface area contributed by atoms with Gasteiger partial charge in [0, 0.05) is 19.6 Å². The zero-order valence-corrected chi connectivity index (χ0v) is 17.6. The molecule has 0 fully saturated rings. The zero-order chi connectivity index (χ0) is 22.8. The Bertz CT molecular complexity index is 900. The molecule has 0 heterocycles. The number of hydrogen-bond donors (Lipinski definition) is 2. The first-order valence-corrected chi connectivity index (χ1v) is 10.4. The minimum absolute atomic E-state index is 0.0690. The first-order chi connectivity index (χ1) is 15.5. The standard InChI is InChI=1S/C25H27F2NO4/c26-22-10-4-6-12-24(22)31-17-20(29)15-28(14-19-8-2-1-3-9-19)16-21(30)18-32-25-13-7-5-11-23(25)27/h1-13,20-21,29-30H,14-18H2/t20-,21-/m1/s1. The molecule has 0 aliphatic rings. The first kappa shape index (κ1) is 23.7. The van der Waals surface area contributed by atoms with Gasteiger partial charge >= 0.3 is 0 Å². The van der Waals surface area contributed by atoms with Crippen LogP contribution in [0.25, 0.3) is 0 Å². The molecule has 170 valence electrons. The Hall–Kier alpha value is -3.00. The van der Waals surface area contributed by atoms with Gasteiger partial charge in [0.05, 0.1) is 0 Å². The fraction of sp³-hybridized carbons (Fsp3) is 0.280. The number of para-hydroxylation sites is 2. The van der Waals surface area contributed by atoms with Gasteiger partial charge in [0.15, 0.2) is 23.1 Å². The Morgan fingerprint density at radius 2 is 1.09 bits per heavy atom. The van der Waals surface area contributed by atoms with Crippen LogP contribution in [0, 0.1) is 11.6 Å². The average Bonchev–Trinajstić information content (AvgIpc) is 2.78. The summed E-state index contributed by atoms with van der Waals surface area (Å²) in [4.78, 5) is 1.85. The van der Waals surface area contributed by atoms with Crippen LogP contribution in [-0.2, 0) is 6.54 Å². The highest BCUT2D eigenvalue weighted by molar-refractivity contribution is 5.24. The summed E-state index contributed by atoms with van der Waals surface area (Å²) in [6, 6.07) is 21.6. The lowest BCUT2D eigenvalue weighted by molar-refractivity contribution is 0.0273. The van der Waals surface area contributed by atoms with Gasteiger partial charge in [0.2, 0.25) is 0 Å². The number of halogens is 2. The van der Waals surface area contributed by atoms with Gasteiger partial charge in [-0.2, -0.15) is 0 Å². The second-order valence-corrected chi connectivity index (χ2v) is 7.47. The Morgan fingerprint density at radius 3 is 1.56 bits per heavy atom. The van der Waals surface area contributed by atoms with Crippen LogP contribution in [0.3, 0.4) is 0 Å². The average molecular weight is 443 g/mol. The van der Waals surface area contributed by atoms with Crippen molar-refractivity contribution in [3.63, 3.8) is 0 Å². The molecular weight excluding hydrogens is 416 g/mol. The second-order valence-electron chi connectivity index (χ2n) is 7.47. The molecule has 7 heteroatoms. The van der Waals surface area contributed by atoms with Crippen LogP contribution in [0.4, 0.5) is 8.78 Å². The molecule has 0 radical (unpaired) electrons. The molecule has 0 aliphatic carbocycles. The fourth-order valence-corrected chi connectivity index (χ4v) is 3.24. The highest BCUT2D eigenvalue weighted by atomic mass is 19.1. The molecule has 3 rings (SSSR count). The van der Waals surface area contributed by atoms with Gasteiger partial charge in [0.25, 0.3) is 0 Å². The number of nitrogens with zero attached hydrogens (tertiary/aromatic N) is 1. The topological polar surface area (TPSA) is 62.2 Å². The van der Waals surface area contributed by atoms with Crippen molar-refractivity contribution in [3.05, 3.63) is 96.1 Å². The van der Waals surface area contributed by atoms with Crippen molar-refractivity contribution in [2.24, 2.45) is 0 Å². The molecule has 0 saturated heterocycles. The summed E-state index contributed by atoms with van der Waals surface area (Å²) in [5, 5.41) is 20.9. The van der Waals surface area contributed by atoms with Crippen LogP contribution in [0.2, 0.25) is 0 Å². The van der Waals surface area contributed by atoms with E-state index >= 15 is 0 Å². The van der Waals surface area contributed by atoms with Gasteiger partial charge in [-0.05, 0) is 29.8 Å². The lowest BCUT2D eigenvalue weighted by Crippen LogP contribution is -2.41. The van der Waals surface area contributed by atoms with Gasteiger partial charge in [-0.3, -0.25) is 4.90 Å². The maximum atomic E-state index is 13.7. The van der Waals surface area contributed by atoms with Gasteiger partial charge in [0.1, 0.15) is 25.4 Å². The monoisotopic (exact) mass is 443 g/mol. The summed E-state index contributed by atoms with van der Waals surface area (Å²) in [6.07, 6.45) is -1.84. The largest absolute Gasteiger partial charge is 0.488 e. The van der Waals surface area contributed by atoms with E-state index in [1.165, 1.54) is 24.3 Å². The van der Waals surface area contributed by atoms with Crippen LogP contribution in [-0.4, -0.2) is 53.6 Å². The van der Waals surface area contributed by atoms with Crippen molar-refractivity contribution in [3.8, 4) is 11.5 Å². The Labute approximate surface area is 186 Å². The van der Waals surface area contributed by atoms with E-state index in [-0.39, 0.29) is 37.8 Å². The summed E-state index contributed by atoms with van der Waals surface area (Å²) in [7, 11) is 0. The zero-order valence-electron chi connectivity index (χ0n) is 17.6. The van der Waals surface area contributed by atoms with Gasteiger partial charge < -0.3 is 19.7 Å². The minimum atomic E-state index is -0.919. The lowest BCUT2D eigenvalue weighted by Gasteiger charge is -2.27. The number of benzene rings is 3. The normalized spacial score (nSPS) is 13.0. The Kier molecular flexibility index (Phi) is 8.98. The SMILES string of the molecule is O[C@@H](COc1ccccc1F)CN(Cc1ccccc1)C[C@@H](O)COc1ccccc1F. The summed E-state index contributed by atoms with van der Waals surface area (Å²) < 4.78 is 38.2. The third-order valence-electron chi connectivity index (χ3n) is 4.72. The molecule has 0 bridgehead atoms. The molecule has 3 aromatic carbocycles. The van der Waals surface area contributed by atoms with Crippen molar-refractivity contribution in [1.82, 2.24) is 4.90 Å². The van der Waals surface area contributed by atoms with E-state index < -0.39 is 23.8 Å². The maximum Gasteiger partial charge on any atom is 0.165 e. The molecule has 2 atom stereocenters. The lowest BCUT2D eigenvalue weighted by atomic mass is 10.2. The quantitative estimate of drug-likeness (QED) is 0.448. The van der Waals surface area contributed by atoms with Crippen LogP contribution in [0.15, 0.2) is 78.9 Å². The smallest absolute Gasteiger partial charge is 0.165 e. The molecule has 0 aliphatic heterocycles. The molecular formula is C25H27F2NO4. The summed E-state index contributed by atoms with van der Waals surface area (Å²) >= 11 is 0. The van der Waals surface area contributed by atoms with E-state index in [1.807, 2.05) is 35.2 Å². The van der Waals surface area contributed by atoms with Gasteiger partial charge in [-0.25, -0.2) is 8.78 Å². The van der Waals surface area contributed by atoms with Crippen molar-refractivity contribution in [2.75, 3.05) is 26.3 Å². The van der Waals surface area contributed by atoms with Crippen LogP contribution < -0.4 is 9.47 Å². The Balaban J connectivity index is 1.57. The molecule has 3 aromatic rings. The Morgan fingerprint density at radius 1 is 0.656 bits per heavy atom. The molecule has 5 nitrogen and oxygen atoms in total. The molecule has 32 heavy (non-hydrogen) atoms. The molecule has 0 aromatic heterocycles. The van der Waals surface area contributed by atoms with Crippen LogP contribution >= 0.6 is 0 Å². The molecule has 0 unspecified atom stereocenters. The minimum Gasteiger partial charge on any atom is -0.488 e. The third-order valence-corrected chi connectivity index (χ3v) is 4.72. The van der Waals surface area contributed by atoms with E-state index in [4.69, 9.17) is 9.47 Å². The van der Waals surface area contributed by atoms with E-state index in [2.05, 4.69) is 0 Å². The van der Waals surface area contributed by atoms with Crippen molar-refractivity contribution in [2.45, 2.75) is 18.8 Å². The molecule has 0 spiro atoms. The predicted molar refractivity (Wildman–Crippen MR) is 118 cm³/mol. The summed E-state index contributed by atoms with van der Waals surface area (Å²) in [5.41, 5.74) is 0.997. The molecule has 0 amide bonds.